The first-order valence-electron chi connectivity index (χ1n) is 24.2. The van der Waals surface area contributed by atoms with Gasteiger partial charge in [-0.25, -0.2) is 4.70 Å². The molecule has 0 amide bonds. The average molecular weight is 840 g/mol. The molecule has 1 aliphatic rings. The van der Waals surface area contributed by atoms with Crippen LogP contribution in [0.1, 0.15) is 248 Å². The second-order valence-electron chi connectivity index (χ2n) is 17.1. The summed E-state index contributed by atoms with van der Waals surface area (Å²) in [4.78, 5) is 0. The Bertz CT molecular complexity index is 1440. The summed E-state index contributed by atoms with van der Waals surface area (Å²) in [6.07, 6.45) is 35.7. The quantitative estimate of drug-likeness (QED) is 0.0313. The zero-order chi connectivity index (χ0) is 39.8. The van der Waals surface area contributed by atoms with Crippen LogP contribution in [0.3, 0.4) is 0 Å². The Morgan fingerprint density at radius 1 is 0.345 bits per heavy atom. The van der Waals surface area contributed by atoms with E-state index in [0.29, 0.717) is 0 Å². The van der Waals surface area contributed by atoms with Crippen molar-refractivity contribution in [2.45, 2.75) is 242 Å². The zero-order valence-electron chi connectivity index (χ0n) is 40.0. The second kappa shape index (κ2) is 32.7. The van der Waals surface area contributed by atoms with Crippen molar-refractivity contribution >= 4 is 11.4 Å². The normalized spacial score (nSPS) is 12.6. The molecule has 0 unspecified atom stereocenters. The van der Waals surface area contributed by atoms with Gasteiger partial charge in [0.05, 0.1) is 0 Å². The average Bonchev–Trinajstić information content (AvgIpc) is 3.45. The SMILES string of the molecule is CCCCCCCCCCCCCCC1=C(c2cc(CCC)c(CCC)c(CCC)c2)[N+](=[N-])C(c2cc(CCC)c(CCC)c(CCC)c2)=C1CCCCC.[CH3-].[CH3-].[Ni+2]. The maximum atomic E-state index is 12.8. The van der Waals surface area contributed by atoms with Gasteiger partial charge in [-0.2, -0.15) is 0 Å². The molecule has 0 saturated heterocycles. The Hall–Kier alpha value is -1.99. The Balaban J connectivity index is 0.0000108. The summed E-state index contributed by atoms with van der Waals surface area (Å²) in [5.74, 6) is 0. The maximum Gasteiger partial charge on any atom is 2.00 e. The summed E-state index contributed by atoms with van der Waals surface area (Å²) in [5.41, 5.74) is 29.5. The van der Waals surface area contributed by atoms with Crippen LogP contribution in [-0.4, -0.2) is 4.70 Å². The van der Waals surface area contributed by atoms with E-state index in [1.54, 1.807) is 15.8 Å². The third-order valence-electron chi connectivity index (χ3n) is 12.2. The summed E-state index contributed by atoms with van der Waals surface area (Å²) in [6, 6.07) is 9.98. The van der Waals surface area contributed by atoms with Gasteiger partial charge in [-0.1, -0.05) is 177 Å². The van der Waals surface area contributed by atoms with Crippen molar-refractivity contribution < 1.29 is 21.2 Å². The van der Waals surface area contributed by atoms with Crippen LogP contribution in [0.5, 0.6) is 0 Å². The summed E-state index contributed by atoms with van der Waals surface area (Å²) in [6.45, 7) is 18.6. The molecule has 0 N–H and O–H groups in total. The van der Waals surface area contributed by atoms with Gasteiger partial charge < -0.3 is 20.4 Å². The Morgan fingerprint density at radius 3 is 0.897 bits per heavy atom. The van der Waals surface area contributed by atoms with Crippen LogP contribution < -0.4 is 0 Å². The molecule has 3 rings (SSSR count). The van der Waals surface area contributed by atoms with E-state index in [2.05, 4.69) is 79.7 Å². The Kier molecular flexibility index (Phi) is 31.6. The first-order chi connectivity index (χ1) is 26.9. The van der Waals surface area contributed by atoms with Crippen molar-refractivity contribution in [3.05, 3.63) is 100 Å². The van der Waals surface area contributed by atoms with Crippen LogP contribution in [0.15, 0.2) is 35.4 Å². The largest absolute Gasteiger partial charge is 2.00 e. The minimum atomic E-state index is 0. The number of unbranched alkanes of at least 4 members (excludes halogenated alkanes) is 13. The van der Waals surface area contributed by atoms with Crippen molar-refractivity contribution in [3.63, 3.8) is 0 Å². The van der Waals surface area contributed by atoms with E-state index in [0.717, 1.165) is 88.4 Å². The van der Waals surface area contributed by atoms with E-state index in [-0.39, 0.29) is 31.3 Å². The Labute approximate surface area is 372 Å². The van der Waals surface area contributed by atoms with Gasteiger partial charge in [0.2, 0.25) is 11.4 Å². The maximum absolute atomic E-state index is 12.8. The predicted molar refractivity (Wildman–Crippen MR) is 257 cm³/mol. The van der Waals surface area contributed by atoms with Crippen LogP contribution >= 0.6 is 0 Å². The first-order valence-corrected chi connectivity index (χ1v) is 24.2. The number of hydrogen-bond acceptors (Lipinski definition) is 0. The summed E-state index contributed by atoms with van der Waals surface area (Å²) in [7, 11) is 0. The summed E-state index contributed by atoms with van der Waals surface area (Å²) in [5, 5.41) is 0. The second-order valence-corrected chi connectivity index (χ2v) is 17.1. The molecule has 0 fully saturated rings. The van der Waals surface area contributed by atoms with Crippen LogP contribution in [0, 0.1) is 14.9 Å². The molecule has 332 valence electrons. The molecule has 58 heavy (non-hydrogen) atoms. The van der Waals surface area contributed by atoms with Crippen molar-refractivity contribution in [2.75, 3.05) is 0 Å². The molecule has 2 aromatic rings. The van der Waals surface area contributed by atoms with E-state index in [1.165, 1.54) is 154 Å². The van der Waals surface area contributed by atoms with Crippen LogP contribution in [0.25, 0.3) is 16.9 Å². The molecule has 2 aromatic carbocycles. The molecule has 1 heterocycles. The summed E-state index contributed by atoms with van der Waals surface area (Å²) >= 11 is 0. The van der Waals surface area contributed by atoms with Gasteiger partial charge in [0.25, 0.3) is 0 Å². The van der Waals surface area contributed by atoms with Gasteiger partial charge in [-0.3, -0.25) is 0 Å². The van der Waals surface area contributed by atoms with Gasteiger partial charge in [0.15, 0.2) is 0 Å². The standard InChI is InChI=1S/C53H86N2.2CH3.Ni/c1-9-17-19-20-21-22-23-24-25-26-27-29-37-51-50(36-28-18-10-2)52(46-38-42(30-11-3)48(34-15-7)43(39-46)31-12-4)55(54)53(51)47-40-44(32-13-5)49(35-16-8)45(41-47)33-14-6;;;/h38-41H,9-37H2,1-8H3;2*1H3;/q;2*-1;+2. The molecular weight excluding hydrogens is 747 g/mol. The van der Waals surface area contributed by atoms with Gasteiger partial charge in [0.1, 0.15) is 0 Å². The topological polar surface area (TPSA) is 25.3 Å². The molecule has 0 aromatic heterocycles. The molecule has 3 heteroatoms. The number of nitrogens with zero attached hydrogens (tertiary/aromatic N) is 2. The zero-order valence-corrected chi connectivity index (χ0v) is 41.0. The van der Waals surface area contributed by atoms with Crippen LogP contribution in [0.2, 0.25) is 0 Å². The molecule has 0 spiro atoms. The van der Waals surface area contributed by atoms with E-state index in [4.69, 9.17) is 0 Å². The van der Waals surface area contributed by atoms with Crippen LogP contribution in [0.4, 0.5) is 0 Å². The fourth-order valence-electron chi connectivity index (χ4n) is 9.46. The molecule has 0 saturated carbocycles. The molecule has 2 nitrogen and oxygen atoms in total. The minimum Gasteiger partial charge on any atom is -0.493 e. The van der Waals surface area contributed by atoms with E-state index in [9.17, 15) is 5.53 Å². The number of rotatable bonds is 31. The van der Waals surface area contributed by atoms with E-state index < -0.39 is 0 Å². The van der Waals surface area contributed by atoms with Crippen molar-refractivity contribution in [2.24, 2.45) is 0 Å². The monoisotopic (exact) mass is 839 g/mol. The third-order valence-corrected chi connectivity index (χ3v) is 12.2. The fourth-order valence-corrected chi connectivity index (χ4v) is 9.46. The molecule has 0 aliphatic carbocycles. The predicted octanol–water partition coefficient (Wildman–Crippen LogP) is 18.1. The van der Waals surface area contributed by atoms with Gasteiger partial charge >= 0.3 is 16.5 Å². The van der Waals surface area contributed by atoms with E-state index >= 15 is 0 Å². The van der Waals surface area contributed by atoms with E-state index in [1.807, 2.05) is 0 Å². The molecule has 0 radical (unpaired) electrons. The molecule has 0 bridgehead atoms. The number of aryl methyl sites for hydroxylation is 4. The van der Waals surface area contributed by atoms with Gasteiger partial charge in [0, 0.05) is 22.3 Å². The van der Waals surface area contributed by atoms with Gasteiger partial charge in [-0.15, -0.1) is 0 Å². The number of benzene rings is 2. The Morgan fingerprint density at radius 2 is 0.603 bits per heavy atom. The minimum absolute atomic E-state index is 0. The molecular formula is C55H92N2Ni. The smallest absolute Gasteiger partial charge is 0.493 e. The first kappa shape index (κ1) is 56.0. The number of hydrogen-bond donors (Lipinski definition) is 0. The third kappa shape index (κ3) is 16.8. The molecule has 1 aliphatic heterocycles. The van der Waals surface area contributed by atoms with Crippen molar-refractivity contribution in [3.8, 4) is 0 Å². The fraction of sp³-hybridized carbons (Fsp3) is 0.673. The van der Waals surface area contributed by atoms with Crippen molar-refractivity contribution in [1.82, 2.24) is 0 Å². The van der Waals surface area contributed by atoms with Crippen LogP contribution in [-0.2, 0) is 55.0 Å². The number of allylic oxidation sites excluding steroid dienone is 2. The summed E-state index contributed by atoms with van der Waals surface area (Å²) < 4.78 is 1.71. The molecule has 0 atom stereocenters. The van der Waals surface area contributed by atoms with Gasteiger partial charge in [-0.05, 0) is 122 Å². The van der Waals surface area contributed by atoms with Crippen molar-refractivity contribution in [1.29, 1.82) is 0 Å².